The van der Waals surface area contributed by atoms with Gasteiger partial charge in [0.1, 0.15) is 0 Å². The number of ether oxygens (including phenoxy) is 1. The summed E-state index contributed by atoms with van der Waals surface area (Å²) in [6.45, 7) is 23.5. The Morgan fingerprint density at radius 2 is 1.35 bits per heavy atom. The van der Waals surface area contributed by atoms with Crippen molar-refractivity contribution in [2.75, 3.05) is 52.4 Å². The van der Waals surface area contributed by atoms with E-state index in [1.807, 2.05) is 6.08 Å². The number of rotatable bonds is 17. The number of aliphatic hydroxyl groups excluding tert-OH is 1. The van der Waals surface area contributed by atoms with Crippen LogP contribution in [0.2, 0.25) is 0 Å². The van der Waals surface area contributed by atoms with Gasteiger partial charge < -0.3 is 37.7 Å². The summed E-state index contributed by atoms with van der Waals surface area (Å²) in [7, 11) is 0. The van der Waals surface area contributed by atoms with E-state index in [1.165, 1.54) is 6.42 Å². The van der Waals surface area contributed by atoms with Crippen LogP contribution in [0.5, 0.6) is 0 Å². The van der Waals surface area contributed by atoms with Crippen LogP contribution in [0.1, 0.15) is 80.1 Å². The second-order valence-corrected chi connectivity index (χ2v) is 10.1. The van der Waals surface area contributed by atoms with Gasteiger partial charge >= 0.3 is 0 Å². The smallest absolute Gasteiger partial charge is 0.0812 e. The Morgan fingerprint density at radius 3 is 1.65 bits per heavy atom. The lowest BCUT2D eigenvalue weighted by Gasteiger charge is -2.12. The average Bonchev–Trinajstić information content (AvgIpc) is 3.55. The highest BCUT2D eigenvalue weighted by Crippen LogP contribution is 2.18. The Balaban J connectivity index is -0.000000406. The van der Waals surface area contributed by atoms with E-state index in [4.69, 9.17) is 21.9 Å². The molecule has 1 fully saturated rings. The molecular formula is C27H63N5O2. The maximum absolute atomic E-state index is 9.58. The molecule has 1 heterocycles. The van der Waals surface area contributed by atoms with Crippen LogP contribution in [-0.2, 0) is 4.74 Å². The van der Waals surface area contributed by atoms with Gasteiger partial charge in [-0.25, -0.2) is 0 Å². The summed E-state index contributed by atoms with van der Waals surface area (Å²) in [6, 6.07) is 0. The third-order valence-electron chi connectivity index (χ3n) is 4.62. The first-order valence-corrected chi connectivity index (χ1v) is 13.6. The summed E-state index contributed by atoms with van der Waals surface area (Å²) in [5.41, 5.74) is 15.7. The van der Waals surface area contributed by atoms with Crippen LogP contribution in [0.25, 0.3) is 0 Å². The van der Waals surface area contributed by atoms with Gasteiger partial charge in [0.05, 0.1) is 18.8 Å². The van der Waals surface area contributed by atoms with Crippen molar-refractivity contribution in [3.05, 3.63) is 12.7 Å². The van der Waals surface area contributed by atoms with E-state index in [1.54, 1.807) is 0 Å². The van der Waals surface area contributed by atoms with Gasteiger partial charge in [0.2, 0.25) is 0 Å². The van der Waals surface area contributed by atoms with E-state index in [-0.39, 0.29) is 6.10 Å². The lowest BCUT2D eigenvalue weighted by molar-refractivity contribution is 0.136. The normalized spacial score (nSPS) is 15.0. The Bertz CT molecular complexity index is 374. The fourth-order valence-corrected chi connectivity index (χ4v) is 2.91. The molecule has 0 radical (unpaired) electrons. The van der Waals surface area contributed by atoms with Gasteiger partial charge in [0, 0.05) is 39.3 Å². The fraction of sp³-hybridized carbons (Fsp3) is 0.926. The zero-order valence-electron chi connectivity index (χ0n) is 23.7. The van der Waals surface area contributed by atoms with E-state index < -0.39 is 0 Å². The number of aliphatic hydroxyl groups is 1. The van der Waals surface area contributed by atoms with Crippen molar-refractivity contribution in [3.8, 4) is 0 Å². The zero-order chi connectivity index (χ0) is 26.6. The van der Waals surface area contributed by atoms with Gasteiger partial charge in [0.15, 0.2) is 0 Å². The number of hydrogen-bond acceptors (Lipinski definition) is 7. The van der Waals surface area contributed by atoms with E-state index in [0.29, 0.717) is 31.7 Å². The molecule has 1 aliphatic rings. The molecule has 0 bridgehead atoms. The molecule has 9 N–H and O–H groups in total. The largest absolute Gasteiger partial charge is 0.393 e. The number of unbranched alkanes of at least 4 members (excludes halogenated alkanes) is 1. The van der Waals surface area contributed by atoms with Crippen molar-refractivity contribution in [2.24, 2.45) is 35.0 Å². The molecule has 1 rings (SSSR count). The molecule has 7 nitrogen and oxygen atoms in total. The molecule has 1 saturated heterocycles. The molecule has 0 aromatic rings. The third kappa shape index (κ3) is 45.0. The van der Waals surface area contributed by atoms with Crippen LogP contribution >= 0.6 is 0 Å². The van der Waals surface area contributed by atoms with E-state index >= 15 is 0 Å². The molecule has 0 spiro atoms. The lowest BCUT2D eigenvalue weighted by Crippen LogP contribution is -2.27. The Hall–Kier alpha value is -0.540. The number of epoxide rings is 1. The van der Waals surface area contributed by atoms with E-state index in [2.05, 4.69) is 58.8 Å². The molecule has 34 heavy (non-hydrogen) atoms. The standard InChI is InChI=1S/C11H26N2O.C6H12O.C6H12.C4H13N3/c1-10(2)9-11(14)5-3-4-7-13-8-6-12;1-5(2)3-6-4-7-6;1-4-5-6(2)3;5-1-3-7-4-2-6/h10-11,13-14H,3-9,12H2,1-2H3;5-6H,3-4H2,1-2H3;4,6H,1,5H2,2-3H3;7H,1-6H2. The van der Waals surface area contributed by atoms with Gasteiger partial charge in [-0.15, -0.1) is 6.58 Å². The van der Waals surface area contributed by atoms with Gasteiger partial charge in [0.25, 0.3) is 0 Å². The van der Waals surface area contributed by atoms with Gasteiger partial charge in [-0.3, -0.25) is 0 Å². The first-order valence-electron chi connectivity index (χ1n) is 13.6. The van der Waals surface area contributed by atoms with Crippen molar-refractivity contribution in [3.63, 3.8) is 0 Å². The van der Waals surface area contributed by atoms with Gasteiger partial charge in [-0.05, 0) is 62.8 Å². The lowest BCUT2D eigenvalue weighted by atomic mass is 10.0. The minimum absolute atomic E-state index is 0.107. The highest BCUT2D eigenvalue weighted by atomic mass is 16.6. The van der Waals surface area contributed by atoms with Crippen LogP contribution in [0.15, 0.2) is 12.7 Å². The summed E-state index contributed by atoms with van der Waals surface area (Å²) in [5.74, 6) is 2.19. The SMILES string of the molecule is C=CCC(C)C.CC(C)CC(O)CCCCNCCN.CC(C)CC1CO1.NCCNCCN. The first kappa shape index (κ1) is 38.0. The van der Waals surface area contributed by atoms with Crippen LogP contribution in [0.3, 0.4) is 0 Å². The fourth-order valence-electron chi connectivity index (χ4n) is 2.91. The Kier molecular flexibility index (Phi) is 34.1. The first-order chi connectivity index (χ1) is 16.1. The number of hydrogen-bond donors (Lipinski definition) is 6. The molecule has 0 amide bonds. The van der Waals surface area contributed by atoms with E-state index in [9.17, 15) is 5.11 Å². The number of allylic oxidation sites excluding steroid dienone is 1. The Labute approximate surface area is 213 Å². The minimum atomic E-state index is -0.107. The highest BCUT2D eigenvalue weighted by Gasteiger charge is 2.22. The summed E-state index contributed by atoms with van der Waals surface area (Å²) in [6.07, 6.45) is 8.95. The third-order valence-corrected chi connectivity index (χ3v) is 4.62. The minimum Gasteiger partial charge on any atom is -0.393 e. The van der Waals surface area contributed by atoms with Crippen molar-refractivity contribution in [1.29, 1.82) is 0 Å². The topological polar surface area (TPSA) is 135 Å². The monoisotopic (exact) mass is 489 g/mol. The van der Waals surface area contributed by atoms with Crippen LogP contribution in [0.4, 0.5) is 0 Å². The van der Waals surface area contributed by atoms with E-state index in [0.717, 1.165) is 76.7 Å². The summed E-state index contributed by atoms with van der Waals surface area (Å²) < 4.78 is 5.02. The second-order valence-electron chi connectivity index (χ2n) is 10.1. The van der Waals surface area contributed by atoms with Gasteiger partial charge in [-0.2, -0.15) is 0 Å². The summed E-state index contributed by atoms with van der Waals surface area (Å²) >= 11 is 0. The molecule has 7 heteroatoms. The highest BCUT2D eigenvalue weighted by molar-refractivity contribution is 4.69. The quantitative estimate of drug-likeness (QED) is 0.105. The molecule has 0 aliphatic carbocycles. The van der Waals surface area contributed by atoms with Crippen molar-refractivity contribution >= 4 is 0 Å². The predicted octanol–water partition coefficient (Wildman–Crippen LogP) is 3.26. The molecule has 0 aromatic heterocycles. The van der Waals surface area contributed by atoms with Crippen molar-refractivity contribution < 1.29 is 9.84 Å². The zero-order valence-corrected chi connectivity index (χ0v) is 23.7. The van der Waals surface area contributed by atoms with Crippen molar-refractivity contribution in [2.45, 2.75) is 92.3 Å². The number of nitrogens with two attached hydrogens (primary N) is 3. The molecule has 0 saturated carbocycles. The number of nitrogens with one attached hydrogen (secondary N) is 2. The second kappa shape index (κ2) is 30.5. The summed E-state index contributed by atoms with van der Waals surface area (Å²) in [4.78, 5) is 0. The molecule has 2 unspecified atom stereocenters. The molecular weight excluding hydrogens is 426 g/mol. The molecule has 2 atom stereocenters. The average molecular weight is 490 g/mol. The summed E-state index contributed by atoms with van der Waals surface area (Å²) in [5, 5.41) is 15.9. The van der Waals surface area contributed by atoms with Crippen LogP contribution in [0, 0.1) is 17.8 Å². The van der Waals surface area contributed by atoms with Crippen molar-refractivity contribution in [1.82, 2.24) is 10.6 Å². The molecule has 208 valence electrons. The molecule has 0 aromatic carbocycles. The maximum atomic E-state index is 9.58. The maximum Gasteiger partial charge on any atom is 0.0812 e. The molecule has 1 aliphatic heterocycles. The van der Waals surface area contributed by atoms with Crippen LogP contribution < -0.4 is 27.8 Å². The predicted molar refractivity (Wildman–Crippen MR) is 151 cm³/mol. The Morgan fingerprint density at radius 1 is 0.853 bits per heavy atom. The van der Waals surface area contributed by atoms with Gasteiger partial charge in [-0.1, -0.05) is 47.6 Å². The van der Waals surface area contributed by atoms with Crippen LogP contribution in [-0.4, -0.2) is 69.7 Å².